The molecule has 1 fully saturated rings. The molecule has 0 bridgehead atoms. The Morgan fingerprint density at radius 3 is 2.74 bits per heavy atom. The highest BCUT2D eigenvalue weighted by Gasteiger charge is 2.42. The first-order valence-corrected chi connectivity index (χ1v) is 9.00. The van der Waals surface area contributed by atoms with Crippen molar-refractivity contribution in [1.29, 1.82) is 0 Å². The molecule has 8 heteroatoms. The molecule has 1 aromatic heterocycles. The largest absolute Gasteiger partial charge is 0.391 e. The standard InChI is InChI=1S/C19H23F3N4O/c1-25(12-14-11-23-26(13-14)17-8-3-2-4-9-17)18(27)24-16-7-5-6-15(10-16)19(20,21)22/h2-4,8-9,11,13,15-16H,5-7,10,12H2,1H3,(H,24,27). The third kappa shape index (κ3) is 5.02. The number of rotatable bonds is 4. The summed E-state index contributed by atoms with van der Waals surface area (Å²) in [6.07, 6.45) is 0.470. The molecule has 1 N–H and O–H groups in total. The molecule has 1 heterocycles. The van der Waals surface area contributed by atoms with E-state index < -0.39 is 18.1 Å². The second-order valence-electron chi connectivity index (χ2n) is 7.04. The molecule has 5 nitrogen and oxygen atoms in total. The van der Waals surface area contributed by atoms with Gasteiger partial charge in [-0.05, 0) is 31.4 Å². The van der Waals surface area contributed by atoms with Crippen LogP contribution in [0.15, 0.2) is 42.7 Å². The maximum atomic E-state index is 12.9. The predicted octanol–water partition coefficient (Wildman–Crippen LogP) is 4.13. The Morgan fingerprint density at radius 2 is 2.04 bits per heavy atom. The van der Waals surface area contributed by atoms with Crippen molar-refractivity contribution in [2.45, 2.75) is 44.4 Å². The number of hydrogen-bond acceptors (Lipinski definition) is 2. The number of nitrogens with one attached hydrogen (secondary N) is 1. The van der Waals surface area contributed by atoms with Gasteiger partial charge in [-0.1, -0.05) is 24.6 Å². The lowest BCUT2D eigenvalue weighted by atomic mass is 9.85. The highest BCUT2D eigenvalue weighted by atomic mass is 19.4. The van der Waals surface area contributed by atoms with E-state index in [1.807, 2.05) is 36.5 Å². The number of carbonyl (C=O) groups excluding carboxylic acids is 1. The summed E-state index contributed by atoms with van der Waals surface area (Å²) in [5.41, 5.74) is 1.75. The number of amides is 2. The molecule has 27 heavy (non-hydrogen) atoms. The number of hydrogen-bond donors (Lipinski definition) is 1. The van der Waals surface area contributed by atoms with Crippen molar-refractivity contribution in [3.05, 3.63) is 48.3 Å². The summed E-state index contributed by atoms with van der Waals surface area (Å²) < 4.78 is 40.4. The molecule has 0 radical (unpaired) electrons. The monoisotopic (exact) mass is 380 g/mol. The molecule has 0 saturated heterocycles. The van der Waals surface area contributed by atoms with Crippen LogP contribution in [0.25, 0.3) is 5.69 Å². The summed E-state index contributed by atoms with van der Waals surface area (Å²) in [4.78, 5) is 13.8. The average molecular weight is 380 g/mol. The Balaban J connectivity index is 1.54. The van der Waals surface area contributed by atoms with Crippen molar-refractivity contribution in [1.82, 2.24) is 20.0 Å². The summed E-state index contributed by atoms with van der Waals surface area (Å²) in [7, 11) is 1.62. The number of alkyl halides is 3. The molecule has 146 valence electrons. The van der Waals surface area contributed by atoms with Crippen LogP contribution < -0.4 is 5.32 Å². The third-order valence-corrected chi connectivity index (χ3v) is 4.89. The molecule has 2 atom stereocenters. The number of para-hydroxylation sites is 1. The van der Waals surface area contributed by atoms with E-state index in [2.05, 4.69) is 10.4 Å². The number of benzene rings is 1. The lowest BCUT2D eigenvalue weighted by Gasteiger charge is -2.32. The molecule has 1 aliphatic carbocycles. The molecule has 3 rings (SSSR count). The van der Waals surface area contributed by atoms with Gasteiger partial charge in [0.25, 0.3) is 0 Å². The van der Waals surface area contributed by atoms with Crippen LogP contribution >= 0.6 is 0 Å². The minimum atomic E-state index is -4.19. The molecule has 1 aliphatic rings. The minimum Gasteiger partial charge on any atom is -0.335 e. The van der Waals surface area contributed by atoms with Gasteiger partial charge in [0.15, 0.2) is 0 Å². The zero-order valence-corrected chi connectivity index (χ0v) is 15.1. The van der Waals surface area contributed by atoms with Crippen molar-refractivity contribution < 1.29 is 18.0 Å². The van der Waals surface area contributed by atoms with Crippen LogP contribution in [0.1, 0.15) is 31.2 Å². The van der Waals surface area contributed by atoms with Gasteiger partial charge >= 0.3 is 12.2 Å². The van der Waals surface area contributed by atoms with Crippen LogP contribution in [0.4, 0.5) is 18.0 Å². The summed E-state index contributed by atoms with van der Waals surface area (Å²) in [6, 6.07) is 8.78. The van der Waals surface area contributed by atoms with E-state index in [0.717, 1.165) is 11.3 Å². The first-order chi connectivity index (χ1) is 12.8. The summed E-state index contributed by atoms with van der Waals surface area (Å²) in [5.74, 6) is -1.33. The van der Waals surface area contributed by atoms with Gasteiger partial charge in [0, 0.05) is 24.8 Å². The molecule has 1 saturated carbocycles. The van der Waals surface area contributed by atoms with Crippen molar-refractivity contribution in [3.63, 3.8) is 0 Å². The minimum absolute atomic E-state index is 0.0466. The van der Waals surface area contributed by atoms with Crippen molar-refractivity contribution in [2.75, 3.05) is 7.05 Å². The maximum absolute atomic E-state index is 12.9. The van der Waals surface area contributed by atoms with Crippen molar-refractivity contribution >= 4 is 6.03 Å². The lowest BCUT2D eigenvalue weighted by Crippen LogP contribution is -2.46. The van der Waals surface area contributed by atoms with E-state index >= 15 is 0 Å². The van der Waals surface area contributed by atoms with Gasteiger partial charge in [-0.15, -0.1) is 0 Å². The van der Waals surface area contributed by atoms with Crippen LogP contribution in [-0.2, 0) is 6.54 Å². The fraction of sp³-hybridized carbons (Fsp3) is 0.474. The van der Waals surface area contributed by atoms with Gasteiger partial charge in [0.2, 0.25) is 0 Å². The Hall–Kier alpha value is -2.51. The second-order valence-corrected chi connectivity index (χ2v) is 7.04. The highest BCUT2D eigenvalue weighted by molar-refractivity contribution is 5.74. The van der Waals surface area contributed by atoms with E-state index in [9.17, 15) is 18.0 Å². The highest BCUT2D eigenvalue weighted by Crippen LogP contribution is 2.37. The van der Waals surface area contributed by atoms with Crippen LogP contribution in [0, 0.1) is 5.92 Å². The Bertz CT molecular complexity index is 760. The van der Waals surface area contributed by atoms with E-state index in [4.69, 9.17) is 0 Å². The fourth-order valence-corrected chi connectivity index (χ4v) is 3.41. The van der Waals surface area contributed by atoms with Crippen LogP contribution in [-0.4, -0.2) is 40.0 Å². The number of nitrogens with zero attached hydrogens (tertiary/aromatic N) is 3. The predicted molar refractivity (Wildman–Crippen MR) is 95.4 cm³/mol. The van der Waals surface area contributed by atoms with E-state index in [0.29, 0.717) is 19.4 Å². The van der Waals surface area contributed by atoms with Crippen molar-refractivity contribution in [2.24, 2.45) is 5.92 Å². The lowest BCUT2D eigenvalue weighted by molar-refractivity contribution is -0.183. The smallest absolute Gasteiger partial charge is 0.335 e. The van der Waals surface area contributed by atoms with Crippen LogP contribution in [0.3, 0.4) is 0 Å². The molecule has 2 aromatic rings. The second kappa shape index (κ2) is 8.02. The molecular weight excluding hydrogens is 357 g/mol. The SMILES string of the molecule is CN(Cc1cnn(-c2ccccc2)c1)C(=O)NC1CCCC(C(F)(F)F)C1. The van der Waals surface area contributed by atoms with Gasteiger partial charge in [0.05, 0.1) is 24.3 Å². The molecule has 0 spiro atoms. The first-order valence-electron chi connectivity index (χ1n) is 9.00. The van der Waals surface area contributed by atoms with Crippen LogP contribution in [0.5, 0.6) is 0 Å². The number of carbonyl (C=O) groups is 1. The van der Waals surface area contributed by atoms with E-state index in [1.165, 1.54) is 4.90 Å². The third-order valence-electron chi connectivity index (χ3n) is 4.89. The van der Waals surface area contributed by atoms with Gasteiger partial charge in [-0.3, -0.25) is 0 Å². The van der Waals surface area contributed by atoms with Gasteiger partial charge in [-0.25, -0.2) is 9.48 Å². The average Bonchev–Trinajstić information content (AvgIpc) is 3.10. The van der Waals surface area contributed by atoms with Gasteiger partial charge < -0.3 is 10.2 Å². The van der Waals surface area contributed by atoms with Gasteiger partial charge in [0.1, 0.15) is 0 Å². The van der Waals surface area contributed by atoms with E-state index in [1.54, 1.807) is 17.9 Å². The number of urea groups is 1. The fourth-order valence-electron chi connectivity index (χ4n) is 3.41. The molecule has 2 unspecified atom stereocenters. The zero-order chi connectivity index (χ0) is 19.4. The summed E-state index contributed by atoms with van der Waals surface area (Å²) in [5, 5.41) is 7.02. The topological polar surface area (TPSA) is 50.2 Å². The van der Waals surface area contributed by atoms with Crippen molar-refractivity contribution in [3.8, 4) is 5.69 Å². The Morgan fingerprint density at radius 1 is 1.30 bits per heavy atom. The Labute approximate surface area is 156 Å². The summed E-state index contributed by atoms with van der Waals surface area (Å²) in [6.45, 7) is 0.327. The normalized spacial score (nSPS) is 20.3. The Kier molecular flexibility index (Phi) is 5.72. The first kappa shape index (κ1) is 19.3. The molecular formula is C19H23F3N4O. The zero-order valence-electron chi connectivity index (χ0n) is 15.1. The maximum Gasteiger partial charge on any atom is 0.391 e. The quantitative estimate of drug-likeness (QED) is 0.867. The summed E-state index contributed by atoms with van der Waals surface area (Å²) >= 11 is 0. The van der Waals surface area contributed by atoms with E-state index in [-0.39, 0.29) is 18.9 Å². The van der Waals surface area contributed by atoms with Crippen LogP contribution in [0.2, 0.25) is 0 Å². The molecule has 2 amide bonds. The van der Waals surface area contributed by atoms with Gasteiger partial charge in [-0.2, -0.15) is 18.3 Å². The number of halogens is 3. The number of aromatic nitrogens is 2. The molecule has 1 aromatic carbocycles. The molecule has 0 aliphatic heterocycles.